The molecule has 0 amide bonds. The minimum atomic E-state index is -0.146. The zero-order valence-electron chi connectivity index (χ0n) is 38.4. The number of oxazole rings is 1. The summed E-state index contributed by atoms with van der Waals surface area (Å²) in [6.45, 7) is 19.5. The lowest BCUT2D eigenvalue weighted by molar-refractivity contribution is 0.332. The summed E-state index contributed by atoms with van der Waals surface area (Å²) in [5.41, 5.74) is 22.7. The number of nitrogens with zero attached hydrogens (tertiary/aromatic N) is 3. The number of rotatable bonds is 3. The predicted octanol–water partition coefficient (Wildman–Crippen LogP) is 14.2. The highest BCUT2D eigenvalue weighted by atomic mass is 16.3. The maximum absolute atomic E-state index is 6.79. The van der Waals surface area contributed by atoms with Crippen LogP contribution in [0.5, 0.6) is 0 Å². The second kappa shape index (κ2) is 12.7. The van der Waals surface area contributed by atoms with Crippen LogP contribution in [0, 0.1) is 0 Å². The van der Waals surface area contributed by atoms with Gasteiger partial charge in [-0.15, -0.1) is 0 Å². The summed E-state index contributed by atoms with van der Waals surface area (Å²) in [5, 5.41) is 2.57. The molecule has 4 heterocycles. The van der Waals surface area contributed by atoms with E-state index in [9.17, 15) is 0 Å². The fraction of sp³-hybridized carbons (Fsp3) is 0.271. The van der Waals surface area contributed by atoms with Gasteiger partial charge in [0.05, 0.1) is 11.0 Å². The van der Waals surface area contributed by atoms with Crippen LogP contribution in [0.15, 0.2) is 138 Å². The number of aromatic nitrogens is 2. The molecule has 0 N–H and O–H groups in total. The fourth-order valence-electron chi connectivity index (χ4n) is 12.5. The molecule has 0 saturated heterocycles. The molecule has 5 heteroatoms. The average Bonchev–Trinajstić information content (AvgIpc) is 3.88. The molecule has 4 nitrogen and oxygen atoms in total. The first kappa shape index (κ1) is 38.2. The molecule has 0 radical (unpaired) electrons. The van der Waals surface area contributed by atoms with Crippen LogP contribution in [-0.2, 0) is 21.7 Å². The summed E-state index contributed by atoms with van der Waals surface area (Å²) in [4.78, 5) is 7.94. The lowest BCUT2D eigenvalue weighted by Gasteiger charge is -2.47. The third kappa shape index (κ3) is 5.16. The number of fused-ring (bicyclic) bond motifs is 11. The van der Waals surface area contributed by atoms with Gasteiger partial charge in [0.15, 0.2) is 5.58 Å². The monoisotopic (exact) mass is 831 g/mol. The van der Waals surface area contributed by atoms with E-state index in [2.05, 4.69) is 192 Å². The highest BCUT2D eigenvalue weighted by Gasteiger charge is 2.48. The van der Waals surface area contributed by atoms with Crippen LogP contribution in [0.4, 0.5) is 11.4 Å². The van der Waals surface area contributed by atoms with Crippen molar-refractivity contribution in [1.29, 1.82) is 0 Å². The van der Waals surface area contributed by atoms with Crippen molar-refractivity contribution in [1.82, 2.24) is 9.55 Å². The minimum Gasteiger partial charge on any atom is -0.436 e. The maximum Gasteiger partial charge on any atom is 0.333 e. The van der Waals surface area contributed by atoms with Gasteiger partial charge < -0.3 is 13.8 Å². The van der Waals surface area contributed by atoms with Crippen LogP contribution in [0.25, 0.3) is 72.3 Å². The van der Waals surface area contributed by atoms with Crippen LogP contribution >= 0.6 is 0 Å². The van der Waals surface area contributed by atoms with Gasteiger partial charge in [-0.05, 0) is 158 Å². The van der Waals surface area contributed by atoms with Gasteiger partial charge in [-0.25, -0.2) is 4.98 Å². The summed E-state index contributed by atoms with van der Waals surface area (Å²) in [5.74, 6) is 0.645. The summed E-state index contributed by atoms with van der Waals surface area (Å²) < 4.78 is 9.36. The number of hydrogen-bond donors (Lipinski definition) is 0. The normalized spacial score (nSPS) is 18.2. The van der Waals surface area contributed by atoms with Gasteiger partial charge in [0.25, 0.3) is 0 Å². The molecule has 7 aromatic carbocycles. The molecule has 0 atom stereocenters. The Balaban J connectivity index is 1.21. The Labute approximate surface area is 377 Å². The maximum atomic E-state index is 6.79. The van der Waals surface area contributed by atoms with Crippen LogP contribution in [0.1, 0.15) is 103 Å². The van der Waals surface area contributed by atoms with Crippen molar-refractivity contribution < 1.29 is 4.42 Å². The second-order valence-electron chi connectivity index (χ2n) is 22.0. The Morgan fingerprint density at radius 1 is 0.531 bits per heavy atom. The molecule has 2 aromatic heterocycles. The zero-order chi connectivity index (χ0) is 43.7. The SMILES string of the molecule is CC1(C)CCC(C)(C)c2cc(N3B4c5cc6oc(-c7ccccc7)nc6cc5-n5c6ccccc6c6c(-c7ccccc7)cc(c4c65)-c4cc5c(cc43)C(C)(C)CCC5(C)C)ccc21. The van der Waals surface area contributed by atoms with E-state index in [4.69, 9.17) is 9.40 Å². The first-order chi connectivity index (χ1) is 30.7. The highest BCUT2D eigenvalue weighted by Crippen LogP contribution is 2.55. The molecule has 4 aliphatic rings. The van der Waals surface area contributed by atoms with E-state index in [1.807, 2.05) is 6.07 Å². The molecule has 64 heavy (non-hydrogen) atoms. The lowest BCUT2D eigenvalue weighted by Crippen LogP contribution is -2.60. The number of hydrogen-bond acceptors (Lipinski definition) is 3. The molecule has 0 bridgehead atoms. The third-order valence-corrected chi connectivity index (χ3v) is 16.3. The van der Waals surface area contributed by atoms with Gasteiger partial charge in [-0.1, -0.05) is 128 Å². The molecule has 0 fully saturated rings. The standard InChI is InChI=1S/C59H54BN3O/c1-56(2)25-26-57(3,4)43-29-37(23-24-42(43)56)63-49-32-45-44(58(5,6)27-28-59(45,7)8)31-40(49)41-30-39(35-17-11-9-12-18-35)52-38-21-15-16-22-48(38)62-50-34-47-51(33-46(50)60(63)53(41)54(52)62)64-55(61-47)36-19-13-10-14-20-36/h9-24,29-34H,25-28H2,1-8H3. The van der Waals surface area contributed by atoms with Crippen LogP contribution in [0.3, 0.4) is 0 Å². The molecule has 0 spiro atoms. The lowest BCUT2D eigenvalue weighted by atomic mass is 9.43. The summed E-state index contributed by atoms with van der Waals surface area (Å²) in [7, 11) is 0. The number of anilines is 2. The fourth-order valence-corrected chi connectivity index (χ4v) is 12.5. The molecule has 2 aliphatic carbocycles. The van der Waals surface area contributed by atoms with Crippen molar-refractivity contribution in [2.45, 2.75) is 103 Å². The van der Waals surface area contributed by atoms with Crippen molar-refractivity contribution in [2.75, 3.05) is 4.81 Å². The second-order valence-corrected chi connectivity index (χ2v) is 22.0. The first-order valence-electron chi connectivity index (χ1n) is 23.5. The Bertz CT molecular complexity index is 3460. The Morgan fingerprint density at radius 3 is 1.84 bits per heavy atom. The molecule has 2 aliphatic heterocycles. The van der Waals surface area contributed by atoms with Gasteiger partial charge in [-0.2, -0.15) is 0 Å². The van der Waals surface area contributed by atoms with Crippen LogP contribution in [0.2, 0.25) is 0 Å². The van der Waals surface area contributed by atoms with Gasteiger partial charge in [0, 0.05) is 39.0 Å². The van der Waals surface area contributed by atoms with Gasteiger partial charge in [0.1, 0.15) is 5.52 Å². The Hall–Kier alpha value is -6.33. The first-order valence-corrected chi connectivity index (χ1v) is 23.5. The van der Waals surface area contributed by atoms with E-state index in [-0.39, 0.29) is 28.5 Å². The van der Waals surface area contributed by atoms with E-state index in [1.165, 1.54) is 95.0 Å². The van der Waals surface area contributed by atoms with E-state index in [0.717, 1.165) is 41.6 Å². The zero-order valence-corrected chi connectivity index (χ0v) is 38.4. The molecule has 314 valence electrons. The molecular weight excluding hydrogens is 777 g/mol. The van der Waals surface area contributed by atoms with Crippen molar-refractivity contribution in [2.24, 2.45) is 0 Å². The van der Waals surface area contributed by atoms with E-state index < -0.39 is 0 Å². The van der Waals surface area contributed by atoms with E-state index in [1.54, 1.807) is 0 Å². The van der Waals surface area contributed by atoms with Crippen molar-refractivity contribution in [3.8, 4) is 39.4 Å². The van der Waals surface area contributed by atoms with Crippen molar-refractivity contribution in [3.05, 3.63) is 156 Å². The largest absolute Gasteiger partial charge is 0.436 e. The molecule has 0 saturated carbocycles. The predicted molar refractivity (Wildman–Crippen MR) is 269 cm³/mol. The molecular formula is C59H54BN3O. The Morgan fingerprint density at radius 2 is 1.14 bits per heavy atom. The topological polar surface area (TPSA) is 34.2 Å². The minimum absolute atomic E-state index is 0.0313. The van der Waals surface area contributed by atoms with Crippen molar-refractivity contribution >= 4 is 62.1 Å². The van der Waals surface area contributed by atoms with Gasteiger partial charge in [0.2, 0.25) is 5.89 Å². The third-order valence-electron chi connectivity index (χ3n) is 16.3. The average molecular weight is 832 g/mol. The quantitative estimate of drug-likeness (QED) is 0.166. The molecule has 0 unspecified atom stereocenters. The van der Waals surface area contributed by atoms with Gasteiger partial charge >= 0.3 is 6.85 Å². The summed E-state index contributed by atoms with van der Waals surface area (Å²) in [6.07, 6.45) is 4.66. The van der Waals surface area contributed by atoms with Crippen molar-refractivity contribution in [3.63, 3.8) is 0 Å². The van der Waals surface area contributed by atoms with E-state index >= 15 is 0 Å². The van der Waals surface area contributed by atoms with Crippen LogP contribution < -0.4 is 15.7 Å². The number of para-hydroxylation sites is 1. The van der Waals surface area contributed by atoms with E-state index in [0.29, 0.717) is 5.89 Å². The number of benzene rings is 7. The Kier molecular flexibility index (Phi) is 7.56. The summed E-state index contributed by atoms with van der Waals surface area (Å²) >= 11 is 0. The molecule has 13 rings (SSSR count). The van der Waals surface area contributed by atoms with Gasteiger partial charge in [-0.3, -0.25) is 0 Å². The summed E-state index contributed by atoms with van der Waals surface area (Å²) in [6, 6.07) is 50.4. The smallest absolute Gasteiger partial charge is 0.333 e. The highest BCUT2D eigenvalue weighted by molar-refractivity contribution is 6.94. The van der Waals surface area contributed by atoms with Crippen LogP contribution in [-0.4, -0.2) is 16.4 Å². The molecule has 9 aromatic rings.